The quantitative estimate of drug-likeness (QED) is 0.837. The molecule has 0 amide bonds. The maximum atomic E-state index is 4.88. The number of piperidine rings is 1. The van der Waals surface area contributed by atoms with Crippen LogP contribution >= 0.6 is 11.3 Å². The highest BCUT2D eigenvalue weighted by Crippen LogP contribution is 2.38. The third-order valence-electron chi connectivity index (χ3n) is 4.76. The largest absolute Gasteiger partial charge is 0.345 e. The van der Waals surface area contributed by atoms with Gasteiger partial charge >= 0.3 is 0 Å². The molecule has 1 aromatic rings. The Balaban J connectivity index is 1.65. The zero-order valence-electron chi connectivity index (χ0n) is 12.6. The normalized spacial score (nSPS) is 26.6. The summed E-state index contributed by atoms with van der Waals surface area (Å²) in [5, 5.41) is 6.96. The van der Waals surface area contributed by atoms with E-state index >= 15 is 0 Å². The van der Waals surface area contributed by atoms with Crippen molar-refractivity contribution in [2.24, 2.45) is 5.92 Å². The number of anilines is 1. The Kier molecular flexibility index (Phi) is 4.94. The molecule has 1 aliphatic heterocycles. The predicted octanol–water partition coefficient (Wildman–Crippen LogP) is 3.80. The van der Waals surface area contributed by atoms with Gasteiger partial charge in [-0.15, -0.1) is 11.3 Å². The molecule has 1 aromatic heterocycles. The van der Waals surface area contributed by atoms with Crippen LogP contribution in [0.4, 0.5) is 5.13 Å². The van der Waals surface area contributed by atoms with E-state index in [-0.39, 0.29) is 0 Å². The zero-order valence-corrected chi connectivity index (χ0v) is 13.4. The summed E-state index contributed by atoms with van der Waals surface area (Å²) in [5.41, 5.74) is 1.22. The fourth-order valence-corrected chi connectivity index (χ4v) is 4.67. The molecule has 0 aromatic carbocycles. The molecule has 0 bridgehead atoms. The summed E-state index contributed by atoms with van der Waals surface area (Å²) in [4.78, 5) is 7.51. The number of aromatic nitrogens is 1. The van der Waals surface area contributed by atoms with Gasteiger partial charge in [0.25, 0.3) is 0 Å². The van der Waals surface area contributed by atoms with Gasteiger partial charge in [-0.05, 0) is 44.6 Å². The van der Waals surface area contributed by atoms with Gasteiger partial charge in [-0.2, -0.15) is 0 Å². The molecule has 0 radical (unpaired) electrons. The molecule has 112 valence electrons. The highest BCUT2D eigenvalue weighted by molar-refractivity contribution is 7.13. The minimum Gasteiger partial charge on any atom is -0.345 e. The minimum atomic E-state index is 0.778. The van der Waals surface area contributed by atoms with Gasteiger partial charge in [0.2, 0.25) is 0 Å². The average Bonchev–Trinajstić information content (AvgIpc) is 2.96. The van der Waals surface area contributed by atoms with Crippen molar-refractivity contribution in [1.29, 1.82) is 0 Å². The molecule has 2 aliphatic rings. The Bertz CT molecular complexity index is 416. The maximum absolute atomic E-state index is 4.88. The molecule has 4 heteroatoms. The van der Waals surface area contributed by atoms with Crippen LogP contribution in [0.1, 0.15) is 57.6 Å². The van der Waals surface area contributed by atoms with Gasteiger partial charge in [-0.25, -0.2) is 4.98 Å². The van der Waals surface area contributed by atoms with Crippen LogP contribution in [-0.4, -0.2) is 24.1 Å². The molecule has 1 aliphatic carbocycles. The molecule has 1 N–H and O–H groups in total. The fraction of sp³-hybridized carbons (Fsp3) is 0.812. The number of thiazole rings is 1. The number of fused-ring (bicyclic) bond motifs is 1. The van der Waals surface area contributed by atoms with Crippen LogP contribution in [0.3, 0.4) is 0 Å². The summed E-state index contributed by atoms with van der Waals surface area (Å²) in [6, 6.07) is 0.778. The van der Waals surface area contributed by atoms with Crippen molar-refractivity contribution in [2.45, 2.75) is 64.5 Å². The third kappa shape index (κ3) is 3.17. The molecular formula is C16H27N3S. The van der Waals surface area contributed by atoms with Gasteiger partial charge in [0, 0.05) is 24.5 Å². The summed E-state index contributed by atoms with van der Waals surface area (Å²) < 4.78 is 0. The first-order valence-electron chi connectivity index (χ1n) is 8.30. The predicted molar refractivity (Wildman–Crippen MR) is 86.4 cm³/mol. The lowest BCUT2D eigenvalue weighted by molar-refractivity contribution is 0.243. The van der Waals surface area contributed by atoms with Crippen LogP contribution in [0.5, 0.6) is 0 Å². The van der Waals surface area contributed by atoms with Crippen molar-refractivity contribution in [2.75, 3.05) is 18.0 Å². The summed E-state index contributed by atoms with van der Waals surface area (Å²) in [6.07, 6.45) is 9.66. The van der Waals surface area contributed by atoms with Gasteiger partial charge in [-0.3, -0.25) is 0 Å². The van der Waals surface area contributed by atoms with Crippen molar-refractivity contribution in [3.8, 4) is 0 Å². The van der Waals surface area contributed by atoms with Gasteiger partial charge < -0.3 is 10.2 Å². The maximum Gasteiger partial charge on any atom is 0.185 e. The van der Waals surface area contributed by atoms with E-state index in [1.165, 1.54) is 62.3 Å². The van der Waals surface area contributed by atoms with Crippen molar-refractivity contribution in [1.82, 2.24) is 10.3 Å². The van der Waals surface area contributed by atoms with Gasteiger partial charge in [0.15, 0.2) is 5.13 Å². The van der Waals surface area contributed by atoms with Crippen LogP contribution in [0.2, 0.25) is 0 Å². The monoisotopic (exact) mass is 293 g/mol. The third-order valence-corrected chi connectivity index (χ3v) is 5.69. The topological polar surface area (TPSA) is 28.2 Å². The first-order valence-corrected chi connectivity index (χ1v) is 9.18. The fourth-order valence-electron chi connectivity index (χ4n) is 3.76. The lowest BCUT2D eigenvalue weighted by Gasteiger charge is -2.44. The summed E-state index contributed by atoms with van der Waals surface area (Å²) in [6.45, 7) is 5.43. The molecule has 1 saturated heterocycles. The van der Waals surface area contributed by atoms with E-state index < -0.39 is 0 Å². The molecule has 2 heterocycles. The van der Waals surface area contributed by atoms with E-state index in [9.17, 15) is 0 Å². The first kappa shape index (κ1) is 14.3. The second kappa shape index (κ2) is 6.90. The number of nitrogens with zero attached hydrogens (tertiary/aromatic N) is 2. The molecule has 3 rings (SSSR count). The molecule has 2 fully saturated rings. The molecule has 0 spiro atoms. The summed E-state index contributed by atoms with van der Waals surface area (Å²) in [7, 11) is 0. The van der Waals surface area contributed by atoms with E-state index in [1.807, 2.05) is 11.3 Å². The van der Waals surface area contributed by atoms with E-state index in [1.54, 1.807) is 0 Å². The summed E-state index contributed by atoms with van der Waals surface area (Å²) >= 11 is 1.84. The lowest BCUT2D eigenvalue weighted by Crippen LogP contribution is -2.46. The molecule has 3 nitrogen and oxygen atoms in total. The first-order chi connectivity index (χ1) is 9.88. The van der Waals surface area contributed by atoms with Gasteiger partial charge in [0.05, 0.1) is 5.69 Å². The SMILES string of the molecule is CCCNCc1csc(N2CCC[C@H]3CCCC[C@H]32)n1. The Morgan fingerprint density at radius 1 is 1.30 bits per heavy atom. The Labute approximate surface area is 126 Å². The Hall–Kier alpha value is -0.610. The van der Waals surface area contributed by atoms with E-state index in [4.69, 9.17) is 4.98 Å². The zero-order chi connectivity index (χ0) is 13.8. The van der Waals surface area contributed by atoms with Crippen LogP contribution in [0.25, 0.3) is 0 Å². The van der Waals surface area contributed by atoms with E-state index in [0.717, 1.165) is 25.0 Å². The highest BCUT2D eigenvalue weighted by atomic mass is 32.1. The molecule has 20 heavy (non-hydrogen) atoms. The van der Waals surface area contributed by atoms with Gasteiger partial charge in [0.1, 0.15) is 0 Å². The average molecular weight is 293 g/mol. The smallest absolute Gasteiger partial charge is 0.185 e. The highest BCUT2D eigenvalue weighted by Gasteiger charge is 2.34. The van der Waals surface area contributed by atoms with E-state index in [2.05, 4.69) is 22.5 Å². The van der Waals surface area contributed by atoms with Crippen LogP contribution in [-0.2, 0) is 6.54 Å². The van der Waals surface area contributed by atoms with E-state index in [0.29, 0.717) is 0 Å². The lowest BCUT2D eigenvalue weighted by atomic mass is 9.78. The van der Waals surface area contributed by atoms with Crippen molar-refractivity contribution in [3.05, 3.63) is 11.1 Å². The Morgan fingerprint density at radius 3 is 3.05 bits per heavy atom. The number of rotatable bonds is 5. The molecule has 1 saturated carbocycles. The van der Waals surface area contributed by atoms with Crippen LogP contribution < -0.4 is 10.2 Å². The molecule has 2 atom stereocenters. The minimum absolute atomic E-state index is 0.778. The van der Waals surface area contributed by atoms with Crippen LogP contribution in [0.15, 0.2) is 5.38 Å². The molecule has 0 unspecified atom stereocenters. The van der Waals surface area contributed by atoms with Gasteiger partial charge in [-0.1, -0.05) is 19.8 Å². The van der Waals surface area contributed by atoms with Crippen molar-refractivity contribution >= 4 is 16.5 Å². The number of nitrogens with one attached hydrogen (secondary N) is 1. The second-order valence-corrected chi connectivity index (χ2v) is 7.08. The Morgan fingerprint density at radius 2 is 2.15 bits per heavy atom. The van der Waals surface area contributed by atoms with Crippen molar-refractivity contribution < 1.29 is 0 Å². The van der Waals surface area contributed by atoms with Crippen molar-refractivity contribution in [3.63, 3.8) is 0 Å². The second-order valence-electron chi connectivity index (χ2n) is 6.25. The van der Waals surface area contributed by atoms with Crippen LogP contribution in [0, 0.1) is 5.92 Å². The number of hydrogen-bond acceptors (Lipinski definition) is 4. The summed E-state index contributed by atoms with van der Waals surface area (Å²) in [5.74, 6) is 0.933. The molecular weight excluding hydrogens is 266 g/mol. The standard InChI is InChI=1S/C16H27N3S/c1-2-9-17-11-14-12-20-16(18-14)19-10-5-7-13-6-3-4-8-15(13)19/h12-13,15,17H,2-11H2,1H3/t13-,15-/m1/s1. The number of hydrogen-bond donors (Lipinski definition) is 1.